The van der Waals surface area contributed by atoms with Gasteiger partial charge >= 0.3 is 6.09 Å². The van der Waals surface area contributed by atoms with Gasteiger partial charge in [0.05, 0.1) is 12.9 Å². The number of ether oxygens (including phenoxy) is 1. The number of aryl methyl sites for hydroxylation is 1. The summed E-state index contributed by atoms with van der Waals surface area (Å²) in [4.78, 5) is 28.2. The molecule has 0 bridgehead atoms. The monoisotopic (exact) mass is 355 g/mol. The maximum absolute atomic E-state index is 11.6. The third-order valence-corrected chi connectivity index (χ3v) is 3.83. The Balaban J connectivity index is 1.31. The zero-order valence-corrected chi connectivity index (χ0v) is 14.3. The van der Waals surface area contributed by atoms with Crippen LogP contribution >= 0.6 is 0 Å². The largest absolute Gasteiger partial charge is 0.450 e. The first kappa shape index (κ1) is 17.6. The van der Waals surface area contributed by atoms with E-state index < -0.39 is 6.09 Å². The van der Waals surface area contributed by atoms with Crippen LogP contribution in [0.2, 0.25) is 0 Å². The summed E-state index contributed by atoms with van der Waals surface area (Å²) < 4.78 is 7.08. The molecule has 3 aromatic rings. The summed E-state index contributed by atoms with van der Waals surface area (Å²) in [7, 11) is 0. The number of aromatic nitrogens is 5. The molecule has 3 rings (SSSR count). The highest BCUT2D eigenvalue weighted by Gasteiger charge is 2.07. The molecule has 0 aromatic carbocycles. The summed E-state index contributed by atoms with van der Waals surface area (Å²) in [5.74, 6) is 0.374. The topological polar surface area (TPSA) is 121 Å². The minimum atomic E-state index is -0.408. The molecule has 3 N–H and O–H groups in total. The van der Waals surface area contributed by atoms with Gasteiger partial charge in [0.1, 0.15) is 11.8 Å². The normalized spacial score (nSPS) is 10.8. The molecule has 0 aliphatic heterocycles. The van der Waals surface area contributed by atoms with Crippen molar-refractivity contribution >= 4 is 23.1 Å². The average Bonchev–Trinajstić information content (AvgIpc) is 3.07. The predicted octanol–water partition coefficient (Wildman–Crippen LogP) is 1.55. The third-order valence-electron chi connectivity index (χ3n) is 3.83. The number of alkyl carbamates (subject to hydrolysis) is 1. The van der Waals surface area contributed by atoms with E-state index in [1.54, 1.807) is 12.5 Å². The Morgan fingerprint density at radius 3 is 2.96 bits per heavy atom. The quantitative estimate of drug-likeness (QED) is 0.588. The van der Waals surface area contributed by atoms with Gasteiger partial charge in [0.25, 0.3) is 0 Å². The van der Waals surface area contributed by atoms with Crippen LogP contribution < -0.4 is 11.1 Å². The number of hydrogen-bond acceptors (Lipinski definition) is 7. The van der Waals surface area contributed by atoms with Crippen LogP contribution in [0.1, 0.15) is 18.5 Å². The van der Waals surface area contributed by atoms with Gasteiger partial charge in [-0.2, -0.15) is 0 Å². The standard InChI is InChI=1S/C17H21N7O2/c18-15-14-16(22-11-21-15)24(12-23-14)9-3-4-10-26-17(25)20-8-6-13-5-1-2-7-19-13/h1-2,5,7,11-12H,3-4,6,8-10H2,(H,20,25)(H2,18,21,22). The lowest BCUT2D eigenvalue weighted by molar-refractivity contribution is 0.144. The van der Waals surface area contributed by atoms with Crippen LogP contribution in [-0.2, 0) is 17.7 Å². The van der Waals surface area contributed by atoms with Crippen molar-refractivity contribution in [1.29, 1.82) is 0 Å². The van der Waals surface area contributed by atoms with Crippen LogP contribution in [0.5, 0.6) is 0 Å². The Bertz CT molecular complexity index is 851. The molecule has 3 aromatic heterocycles. The molecule has 0 atom stereocenters. The van der Waals surface area contributed by atoms with Crippen molar-refractivity contribution in [3.8, 4) is 0 Å². The number of nitrogens with one attached hydrogen (secondary N) is 1. The fourth-order valence-corrected chi connectivity index (χ4v) is 2.50. The summed E-state index contributed by atoms with van der Waals surface area (Å²) in [5.41, 5.74) is 8.02. The zero-order chi connectivity index (χ0) is 18.2. The Hall–Kier alpha value is -3.23. The number of amides is 1. The third kappa shape index (κ3) is 4.65. The van der Waals surface area contributed by atoms with Crippen LogP contribution in [0.3, 0.4) is 0 Å². The minimum absolute atomic E-state index is 0.360. The number of nitrogens with two attached hydrogens (primary N) is 1. The summed E-state index contributed by atoms with van der Waals surface area (Å²) >= 11 is 0. The number of nitrogens with zero attached hydrogens (tertiary/aromatic N) is 5. The summed E-state index contributed by atoms with van der Waals surface area (Å²) in [6, 6.07) is 5.70. The van der Waals surface area contributed by atoms with Crippen LogP contribution in [0, 0.1) is 0 Å². The molecule has 0 fully saturated rings. The van der Waals surface area contributed by atoms with Gasteiger partial charge in [-0.05, 0) is 25.0 Å². The molecule has 26 heavy (non-hydrogen) atoms. The second-order valence-corrected chi connectivity index (χ2v) is 5.71. The van der Waals surface area contributed by atoms with Crippen molar-refractivity contribution in [3.05, 3.63) is 42.7 Å². The zero-order valence-electron chi connectivity index (χ0n) is 14.3. The number of nitrogen functional groups attached to an aromatic ring is 1. The average molecular weight is 355 g/mol. The maximum atomic E-state index is 11.6. The van der Waals surface area contributed by atoms with E-state index in [1.807, 2.05) is 22.8 Å². The molecular formula is C17H21N7O2. The fourth-order valence-electron chi connectivity index (χ4n) is 2.50. The van der Waals surface area contributed by atoms with Crippen molar-refractivity contribution in [2.24, 2.45) is 0 Å². The van der Waals surface area contributed by atoms with Crippen molar-refractivity contribution in [2.75, 3.05) is 18.9 Å². The van der Waals surface area contributed by atoms with E-state index in [0.29, 0.717) is 36.6 Å². The summed E-state index contributed by atoms with van der Waals surface area (Å²) in [5, 5.41) is 2.72. The lowest BCUT2D eigenvalue weighted by atomic mass is 10.3. The predicted molar refractivity (Wildman–Crippen MR) is 96.3 cm³/mol. The van der Waals surface area contributed by atoms with Gasteiger partial charge in [-0.15, -0.1) is 0 Å². The highest BCUT2D eigenvalue weighted by Crippen LogP contribution is 2.14. The van der Waals surface area contributed by atoms with Crippen molar-refractivity contribution in [2.45, 2.75) is 25.8 Å². The highest BCUT2D eigenvalue weighted by atomic mass is 16.5. The highest BCUT2D eigenvalue weighted by molar-refractivity contribution is 5.81. The van der Waals surface area contributed by atoms with Crippen molar-refractivity contribution in [3.63, 3.8) is 0 Å². The van der Waals surface area contributed by atoms with E-state index in [9.17, 15) is 4.79 Å². The van der Waals surface area contributed by atoms with Gasteiger partial charge in [0.2, 0.25) is 0 Å². The Morgan fingerprint density at radius 1 is 1.19 bits per heavy atom. The van der Waals surface area contributed by atoms with E-state index in [4.69, 9.17) is 10.5 Å². The first-order valence-electron chi connectivity index (χ1n) is 8.46. The Labute approximate surface area is 150 Å². The SMILES string of the molecule is Nc1ncnc2c1ncn2CCCCOC(=O)NCCc1ccccn1. The second kappa shape index (κ2) is 8.75. The van der Waals surface area contributed by atoms with Crippen LogP contribution in [0.25, 0.3) is 11.2 Å². The van der Waals surface area contributed by atoms with Gasteiger partial charge in [0, 0.05) is 31.4 Å². The first-order valence-corrected chi connectivity index (χ1v) is 8.46. The van der Waals surface area contributed by atoms with E-state index in [-0.39, 0.29) is 0 Å². The minimum Gasteiger partial charge on any atom is -0.450 e. The lowest BCUT2D eigenvalue weighted by Crippen LogP contribution is -2.27. The van der Waals surface area contributed by atoms with Crippen LogP contribution in [-0.4, -0.2) is 43.7 Å². The van der Waals surface area contributed by atoms with E-state index in [0.717, 1.165) is 25.1 Å². The molecule has 0 saturated heterocycles. The van der Waals surface area contributed by atoms with Gasteiger partial charge in [-0.25, -0.2) is 19.7 Å². The summed E-state index contributed by atoms with van der Waals surface area (Å²) in [6.07, 6.45) is 6.70. The molecule has 0 aliphatic rings. The molecule has 0 saturated carbocycles. The number of imidazole rings is 1. The van der Waals surface area contributed by atoms with Crippen molar-refractivity contribution < 1.29 is 9.53 Å². The van der Waals surface area contributed by atoms with Gasteiger partial charge in [-0.1, -0.05) is 6.07 Å². The van der Waals surface area contributed by atoms with Gasteiger partial charge < -0.3 is 20.4 Å². The molecule has 3 heterocycles. The van der Waals surface area contributed by atoms with Gasteiger partial charge in [0.15, 0.2) is 11.5 Å². The lowest BCUT2D eigenvalue weighted by Gasteiger charge is -2.07. The van der Waals surface area contributed by atoms with E-state index in [2.05, 4.69) is 25.3 Å². The number of unbranched alkanes of at least 4 members (excludes halogenated alkanes) is 1. The first-order chi connectivity index (χ1) is 12.7. The van der Waals surface area contributed by atoms with Gasteiger partial charge in [-0.3, -0.25) is 4.98 Å². The molecule has 1 amide bonds. The Morgan fingerprint density at radius 2 is 2.12 bits per heavy atom. The molecule has 0 unspecified atom stereocenters. The number of hydrogen-bond donors (Lipinski definition) is 2. The second-order valence-electron chi connectivity index (χ2n) is 5.71. The Kier molecular flexibility index (Phi) is 5.92. The van der Waals surface area contributed by atoms with Crippen molar-refractivity contribution in [1.82, 2.24) is 29.8 Å². The van der Waals surface area contributed by atoms with E-state index in [1.165, 1.54) is 6.33 Å². The smallest absolute Gasteiger partial charge is 0.407 e. The van der Waals surface area contributed by atoms with Crippen LogP contribution in [0.4, 0.5) is 10.6 Å². The molecule has 0 radical (unpaired) electrons. The molecule has 136 valence electrons. The van der Waals surface area contributed by atoms with E-state index >= 15 is 0 Å². The fraction of sp³-hybridized carbons (Fsp3) is 0.353. The van der Waals surface area contributed by atoms with Crippen LogP contribution in [0.15, 0.2) is 37.1 Å². The molecule has 9 heteroatoms. The summed E-state index contributed by atoms with van der Waals surface area (Å²) in [6.45, 7) is 1.58. The molecule has 0 aliphatic carbocycles. The molecule has 0 spiro atoms. The molecular weight excluding hydrogens is 334 g/mol. The maximum Gasteiger partial charge on any atom is 0.407 e. The number of rotatable bonds is 8. The number of pyridine rings is 1. The molecule has 9 nitrogen and oxygen atoms in total. The number of carbonyl (C=O) groups excluding carboxylic acids is 1. The number of carbonyl (C=O) groups is 1. The number of fused-ring (bicyclic) bond motifs is 1. The number of anilines is 1.